The van der Waals surface area contributed by atoms with E-state index in [4.69, 9.17) is 0 Å². The zero-order valence-corrected chi connectivity index (χ0v) is 16.0. The van der Waals surface area contributed by atoms with Crippen molar-refractivity contribution in [1.29, 1.82) is 0 Å². The summed E-state index contributed by atoms with van der Waals surface area (Å²) >= 11 is 0. The number of hydrogen-bond donors (Lipinski definition) is 0. The van der Waals surface area contributed by atoms with Gasteiger partial charge in [-0.25, -0.2) is 0 Å². The molecule has 0 aliphatic carbocycles. The topological polar surface area (TPSA) is 71.0 Å². The lowest BCUT2D eigenvalue weighted by atomic mass is 10.5. The first kappa shape index (κ1) is 21.6. The van der Waals surface area contributed by atoms with E-state index in [0.29, 0.717) is 0 Å². The summed E-state index contributed by atoms with van der Waals surface area (Å²) in [5, 5.41) is 0. The van der Waals surface area contributed by atoms with Gasteiger partial charge in [-0.3, -0.25) is 0 Å². The second-order valence-corrected chi connectivity index (χ2v) is 13.3. The second-order valence-electron chi connectivity index (χ2n) is 4.25. The lowest BCUT2D eigenvalue weighted by molar-refractivity contribution is 0.250. The SMILES string of the molecule is CC(C)OP1(F)=NP(F)(F)=NP(F)(F)=NP(F)(F)=NP(C)(F)=N1. The molecule has 2 unspecified atom stereocenters. The molecule has 0 N–H and O–H groups in total. The molecule has 19 heteroatoms. The van der Waals surface area contributed by atoms with Crippen molar-refractivity contribution in [3.05, 3.63) is 0 Å². The summed E-state index contributed by atoms with van der Waals surface area (Å²) in [6.45, 7) is 2.56. The lowest BCUT2D eigenvalue weighted by Crippen LogP contribution is -1.96. The van der Waals surface area contributed by atoms with Gasteiger partial charge >= 0.3 is 31.2 Å². The predicted octanol–water partition coefficient (Wildman–Crippen LogP) is 9.63. The van der Waals surface area contributed by atoms with E-state index in [0.717, 1.165) is 13.8 Å². The molecule has 138 valence electrons. The predicted molar refractivity (Wildman–Crippen MR) is 77.7 cm³/mol. The van der Waals surface area contributed by atoms with Crippen molar-refractivity contribution in [3.63, 3.8) is 0 Å². The zero-order chi connectivity index (χ0) is 18.3. The molecule has 0 spiro atoms. The molecule has 0 aromatic carbocycles. The fourth-order valence-corrected chi connectivity index (χ4v) is 10.7. The van der Waals surface area contributed by atoms with Crippen LogP contribution in [0.3, 0.4) is 0 Å². The molecule has 0 saturated carbocycles. The van der Waals surface area contributed by atoms with Crippen molar-refractivity contribution >= 4 is 38.7 Å². The molecule has 0 amide bonds. The van der Waals surface area contributed by atoms with E-state index in [1.807, 2.05) is 0 Å². The van der Waals surface area contributed by atoms with Crippen molar-refractivity contribution in [2.24, 2.45) is 22.6 Å². The largest absolute Gasteiger partial charge is 0.425 e. The average molecular weight is 451 g/mol. The van der Waals surface area contributed by atoms with Gasteiger partial charge in [0, 0.05) is 6.66 Å². The Bertz CT molecular complexity index is 741. The van der Waals surface area contributed by atoms with E-state index in [-0.39, 0.29) is 6.66 Å². The summed E-state index contributed by atoms with van der Waals surface area (Å²) in [7, 11) is -30.1. The van der Waals surface area contributed by atoms with Gasteiger partial charge in [0.15, 0.2) is 0 Å². The molecule has 2 atom stereocenters. The highest BCUT2D eigenvalue weighted by Crippen LogP contribution is 2.81. The zero-order valence-electron chi connectivity index (χ0n) is 11.5. The van der Waals surface area contributed by atoms with E-state index >= 15 is 0 Å². The standard InChI is InChI=1S/C4H10F8N5OP5/c1-4(2)18-23(12)14-19(3,5)13-20(6,7)15-21(8,9)16-22(10,11)17-23/h4H,1-3H3. The number of rotatable bonds is 2. The van der Waals surface area contributed by atoms with Gasteiger partial charge in [-0.2, -0.15) is 17.4 Å². The van der Waals surface area contributed by atoms with Gasteiger partial charge < -0.3 is 4.52 Å². The van der Waals surface area contributed by atoms with Gasteiger partial charge in [-0.05, 0) is 13.8 Å². The van der Waals surface area contributed by atoms with Crippen LogP contribution in [0.2, 0.25) is 0 Å². The first-order valence-corrected chi connectivity index (χ1v) is 13.3. The quantitative estimate of drug-likeness (QED) is 0.304. The Hall–Kier alpha value is 0.550. The molecule has 23 heavy (non-hydrogen) atoms. The molecule has 1 aliphatic heterocycles. The van der Waals surface area contributed by atoms with Gasteiger partial charge in [0.2, 0.25) is 7.52 Å². The molecule has 1 heterocycles. The minimum Gasteiger partial charge on any atom is -0.300 e. The van der Waals surface area contributed by atoms with Crippen molar-refractivity contribution in [2.45, 2.75) is 20.0 Å². The van der Waals surface area contributed by atoms with Crippen LogP contribution in [0.5, 0.6) is 0 Å². The number of nitrogens with zero attached hydrogens (tertiary/aromatic N) is 5. The Morgan fingerprint density at radius 3 is 1.48 bits per heavy atom. The van der Waals surface area contributed by atoms with E-state index in [2.05, 4.69) is 18.1 Å². The molecular formula is C4H10F8N5OP5. The molecule has 0 bridgehead atoms. The Labute approximate surface area is 127 Å². The highest BCUT2D eigenvalue weighted by Gasteiger charge is 2.39. The van der Waals surface area contributed by atoms with Crippen LogP contribution in [0, 0.1) is 0 Å². The average Bonchev–Trinajstić information content (AvgIpc) is 2.01. The molecule has 6 nitrogen and oxygen atoms in total. The molecule has 1 aliphatic rings. The molecule has 1 rings (SSSR count). The second kappa shape index (κ2) is 6.69. The number of hydrogen-bond acceptors (Lipinski definition) is 6. The monoisotopic (exact) mass is 451 g/mol. The fourth-order valence-electron chi connectivity index (χ4n) is 1.19. The molecule has 0 aromatic rings. The summed E-state index contributed by atoms with van der Waals surface area (Å²) in [5.74, 6) is 0. The fraction of sp³-hybridized carbons (Fsp3) is 1.00. The highest BCUT2D eigenvalue weighted by atomic mass is 31.3. The molecular weight excluding hydrogens is 441 g/mol. The van der Waals surface area contributed by atoms with Crippen molar-refractivity contribution in [1.82, 2.24) is 0 Å². The van der Waals surface area contributed by atoms with E-state index in [1.165, 1.54) is 0 Å². The normalized spacial score (nSPS) is 35.8. The van der Waals surface area contributed by atoms with Crippen molar-refractivity contribution in [2.75, 3.05) is 6.66 Å². The van der Waals surface area contributed by atoms with Crippen molar-refractivity contribution in [3.8, 4) is 0 Å². The van der Waals surface area contributed by atoms with E-state index < -0.39 is 44.8 Å². The van der Waals surface area contributed by atoms with Crippen LogP contribution in [-0.2, 0) is 4.52 Å². The van der Waals surface area contributed by atoms with Crippen LogP contribution in [0.15, 0.2) is 22.6 Å². The van der Waals surface area contributed by atoms with E-state index in [9.17, 15) is 33.6 Å². The van der Waals surface area contributed by atoms with E-state index in [1.54, 1.807) is 9.03 Å². The van der Waals surface area contributed by atoms with Gasteiger partial charge in [-0.15, -0.1) is 38.7 Å². The van der Waals surface area contributed by atoms with Crippen molar-refractivity contribution < 1.29 is 38.1 Å². The highest BCUT2D eigenvalue weighted by molar-refractivity contribution is 7.79. The summed E-state index contributed by atoms with van der Waals surface area (Å²) in [4.78, 5) is 0. The van der Waals surface area contributed by atoms with Crippen LogP contribution in [-0.4, -0.2) is 12.8 Å². The molecule has 0 saturated heterocycles. The Balaban J connectivity index is 3.96. The van der Waals surface area contributed by atoms with Crippen LogP contribution in [0.25, 0.3) is 0 Å². The summed E-state index contributed by atoms with van der Waals surface area (Å²) < 4.78 is 123. The Morgan fingerprint density at radius 1 is 0.652 bits per heavy atom. The third-order valence-corrected chi connectivity index (χ3v) is 11.8. The van der Waals surface area contributed by atoms with Gasteiger partial charge in [-0.1, -0.05) is 0 Å². The van der Waals surface area contributed by atoms with Crippen LogP contribution >= 0.6 is 38.7 Å². The summed E-state index contributed by atoms with van der Waals surface area (Å²) in [6, 6.07) is 0. The van der Waals surface area contributed by atoms with Crippen LogP contribution < -0.4 is 0 Å². The number of halogens is 8. The lowest BCUT2D eigenvalue weighted by Gasteiger charge is -2.17. The first-order valence-electron chi connectivity index (χ1n) is 5.37. The Morgan fingerprint density at radius 2 is 1.04 bits per heavy atom. The maximum atomic E-state index is 14.3. The molecule has 0 aromatic heterocycles. The smallest absolute Gasteiger partial charge is 0.300 e. The molecule has 0 fully saturated rings. The minimum absolute atomic E-state index is 0.274. The summed E-state index contributed by atoms with van der Waals surface area (Å²) in [5.41, 5.74) is 0. The summed E-state index contributed by atoms with van der Waals surface area (Å²) in [6.07, 6.45) is -1.15. The van der Waals surface area contributed by atoms with Gasteiger partial charge in [0.1, 0.15) is 0 Å². The van der Waals surface area contributed by atoms with Crippen LogP contribution in [0.4, 0.5) is 33.6 Å². The third-order valence-electron chi connectivity index (χ3n) is 1.54. The van der Waals surface area contributed by atoms with Crippen LogP contribution in [0.1, 0.15) is 13.8 Å². The maximum absolute atomic E-state index is 14.3. The maximum Gasteiger partial charge on any atom is 0.425 e. The third kappa shape index (κ3) is 7.54. The Kier molecular flexibility index (Phi) is 6.29. The first-order chi connectivity index (χ1) is 9.95. The van der Waals surface area contributed by atoms with Gasteiger partial charge in [0.25, 0.3) is 0 Å². The molecule has 0 radical (unpaired) electrons. The minimum atomic E-state index is -6.58. The van der Waals surface area contributed by atoms with Gasteiger partial charge in [0.05, 0.1) is 6.10 Å².